The molecule has 4 rings (SSSR count). The number of aryl methyl sites for hydroxylation is 1. The number of guanidine groups is 1. The lowest BCUT2D eigenvalue weighted by Gasteiger charge is -2.32. The second-order valence-electron chi connectivity index (χ2n) is 8.97. The molecule has 8 nitrogen and oxygen atoms in total. The summed E-state index contributed by atoms with van der Waals surface area (Å²) >= 11 is 0. The fourth-order valence-electron chi connectivity index (χ4n) is 4.43. The van der Waals surface area contributed by atoms with E-state index in [2.05, 4.69) is 63.7 Å². The summed E-state index contributed by atoms with van der Waals surface area (Å²) < 4.78 is 7.16. The predicted octanol–water partition coefficient (Wildman–Crippen LogP) is 3.35. The number of halogens is 1. The maximum atomic E-state index is 5.16. The lowest BCUT2D eigenvalue weighted by Crippen LogP contribution is -2.47. The third kappa shape index (κ3) is 7.05. The van der Waals surface area contributed by atoms with Crippen molar-refractivity contribution in [3.63, 3.8) is 0 Å². The van der Waals surface area contributed by atoms with E-state index < -0.39 is 0 Å². The Bertz CT molecular complexity index is 891. The standard InChI is InChI=1S/C24H37N7O.HI/c1-4-25-24(27-20-7-10-23-28-22(17-32-3)29-31(23)16-20)26-15-19-5-8-21(9-6-19)30-13-11-18(2)12-14-30;/h5-6,8-9,18,20H,4,7,10-17H2,1-3H3,(H2,25,26,27);1H. The van der Waals surface area contributed by atoms with E-state index in [1.807, 2.05) is 4.68 Å². The second-order valence-corrected chi connectivity index (χ2v) is 8.97. The number of nitrogens with one attached hydrogen (secondary N) is 2. The number of fused-ring (bicyclic) bond motifs is 1. The molecule has 2 aromatic rings. The Hall–Kier alpha value is -1.88. The molecule has 182 valence electrons. The highest BCUT2D eigenvalue weighted by Gasteiger charge is 2.22. The van der Waals surface area contributed by atoms with Crippen molar-refractivity contribution in [2.45, 2.75) is 65.3 Å². The van der Waals surface area contributed by atoms with Crippen molar-refractivity contribution >= 4 is 35.6 Å². The SMILES string of the molecule is CCNC(=NCc1ccc(N2CCC(C)CC2)cc1)NC1CCc2nc(COC)nn2C1.I. The zero-order valence-electron chi connectivity index (χ0n) is 20.1. The molecule has 1 aromatic carbocycles. The van der Waals surface area contributed by atoms with Gasteiger partial charge in [0.15, 0.2) is 11.8 Å². The number of nitrogens with zero attached hydrogens (tertiary/aromatic N) is 5. The topological polar surface area (TPSA) is 79.6 Å². The van der Waals surface area contributed by atoms with E-state index in [0.717, 1.165) is 62.5 Å². The molecule has 1 fully saturated rings. The molecular weight excluding hydrogens is 529 g/mol. The number of rotatable bonds is 7. The van der Waals surface area contributed by atoms with Crippen molar-refractivity contribution in [3.05, 3.63) is 41.5 Å². The Labute approximate surface area is 214 Å². The van der Waals surface area contributed by atoms with Gasteiger partial charge < -0.3 is 20.3 Å². The normalized spacial score (nSPS) is 19.1. The fourth-order valence-corrected chi connectivity index (χ4v) is 4.43. The van der Waals surface area contributed by atoms with Gasteiger partial charge in [-0.05, 0) is 49.8 Å². The maximum Gasteiger partial charge on any atom is 0.191 e. The third-order valence-corrected chi connectivity index (χ3v) is 6.37. The third-order valence-electron chi connectivity index (χ3n) is 6.37. The van der Waals surface area contributed by atoms with Gasteiger partial charge in [-0.1, -0.05) is 19.1 Å². The van der Waals surface area contributed by atoms with Crippen LogP contribution in [0.15, 0.2) is 29.3 Å². The quantitative estimate of drug-likeness (QED) is 0.304. The number of hydrogen-bond acceptors (Lipinski definition) is 5. The van der Waals surface area contributed by atoms with Gasteiger partial charge in [0.25, 0.3) is 0 Å². The van der Waals surface area contributed by atoms with Crippen LogP contribution in [-0.4, -0.2) is 53.5 Å². The summed E-state index contributed by atoms with van der Waals surface area (Å²) in [5, 5.41) is 11.5. The zero-order valence-corrected chi connectivity index (χ0v) is 22.4. The number of aliphatic imine (C=N–C) groups is 1. The zero-order chi connectivity index (χ0) is 22.3. The van der Waals surface area contributed by atoms with Gasteiger partial charge in [-0.25, -0.2) is 14.7 Å². The molecule has 2 aliphatic heterocycles. The molecule has 1 aromatic heterocycles. The first kappa shape index (κ1) is 25.7. The number of aromatic nitrogens is 3. The molecule has 33 heavy (non-hydrogen) atoms. The average molecular weight is 568 g/mol. The molecule has 0 bridgehead atoms. The first-order chi connectivity index (χ1) is 15.6. The molecule has 1 atom stereocenters. The van der Waals surface area contributed by atoms with Crippen LogP contribution in [0.2, 0.25) is 0 Å². The predicted molar refractivity (Wildman–Crippen MR) is 143 cm³/mol. The molecule has 2 N–H and O–H groups in total. The first-order valence-electron chi connectivity index (χ1n) is 11.9. The van der Waals surface area contributed by atoms with Crippen molar-refractivity contribution in [2.24, 2.45) is 10.9 Å². The van der Waals surface area contributed by atoms with Gasteiger partial charge in [-0.2, -0.15) is 5.10 Å². The first-order valence-corrected chi connectivity index (χ1v) is 11.9. The highest BCUT2D eigenvalue weighted by atomic mass is 127. The van der Waals surface area contributed by atoms with E-state index in [4.69, 9.17) is 9.73 Å². The van der Waals surface area contributed by atoms with Crippen LogP contribution in [0.25, 0.3) is 0 Å². The minimum absolute atomic E-state index is 0. The van der Waals surface area contributed by atoms with Crippen molar-refractivity contribution in [1.82, 2.24) is 25.4 Å². The molecule has 2 aliphatic rings. The summed E-state index contributed by atoms with van der Waals surface area (Å²) in [6, 6.07) is 9.18. The largest absolute Gasteiger partial charge is 0.377 e. The summed E-state index contributed by atoms with van der Waals surface area (Å²) in [7, 11) is 1.67. The van der Waals surface area contributed by atoms with Gasteiger partial charge in [0, 0.05) is 44.9 Å². The monoisotopic (exact) mass is 567 g/mol. The van der Waals surface area contributed by atoms with Gasteiger partial charge in [-0.3, -0.25) is 0 Å². The molecule has 0 amide bonds. The van der Waals surface area contributed by atoms with Crippen LogP contribution >= 0.6 is 24.0 Å². The van der Waals surface area contributed by atoms with Crippen LogP contribution in [0, 0.1) is 5.92 Å². The fraction of sp³-hybridized carbons (Fsp3) is 0.625. The summed E-state index contributed by atoms with van der Waals surface area (Å²) in [6.07, 6.45) is 4.49. The van der Waals surface area contributed by atoms with Gasteiger partial charge in [-0.15, -0.1) is 24.0 Å². The molecule has 1 saturated heterocycles. The summed E-state index contributed by atoms with van der Waals surface area (Å²) in [6.45, 7) is 9.51. The Morgan fingerprint density at radius 1 is 1.18 bits per heavy atom. The molecule has 0 spiro atoms. The molecular formula is C24H38IN7O. The number of piperidine rings is 1. The molecule has 0 aliphatic carbocycles. The highest BCUT2D eigenvalue weighted by Crippen LogP contribution is 2.23. The minimum atomic E-state index is 0. The smallest absolute Gasteiger partial charge is 0.191 e. The van der Waals surface area contributed by atoms with Crippen LogP contribution in [0.1, 0.15) is 50.3 Å². The Balaban J connectivity index is 0.00000306. The van der Waals surface area contributed by atoms with Crippen LogP contribution in [0.4, 0.5) is 5.69 Å². The van der Waals surface area contributed by atoms with Crippen molar-refractivity contribution in [2.75, 3.05) is 31.6 Å². The average Bonchev–Trinajstić information content (AvgIpc) is 3.20. The van der Waals surface area contributed by atoms with Crippen molar-refractivity contribution in [3.8, 4) is 0 Å². The maximum absolute atomic E-state index is 5.16. The van der Waals surface area contributed by atoms with Gasteiger partial charge in [0.05, 0.1) is 13.1 Å². The lowest BCUT2D eigenvalue weighted by molar-refractivity contribution is 0.177. The van der Waals surface area contributed by atoms with Crippen LogP contribution in [-0.2, 0) is 30.9 Å². The summed E-state index contributed by atoms with van der Waals surface area (Å²) in [4.78, 5) is 11.9. The van der Waals surface area contributed by atoms with Crippen molar-refractivity contribution in [1.29, 1.82) is 0 Å². The number of ether oxygens (including phenoxy) is 1. The van der Waals surface area contributed by atoms with E-state index in [0.29, 0.717) is 13.2 Å². The van der Waals surface area contributed by atoms with E-state index in [9.17, 15) is 0 Å². The number of methoxy groups -OCH3 is 1. The van der Waals surface area contributed by atoms with Crippen LogP contribution < -0.4 is 15.5 Å². The Kier molecular flexibility index (Phi) is 9.78. The van der Waals surface area contributed by atoms with Gasteiger partial charge >= 0.3 is 0 Å². The number of benzene rings is 1. The van der Waals surface area contributed by atoms with Crippen LogP contribution in [0.3, 0.4) is 0 Å². The number of hydrogen-bond donors (Lipinski definition) is 2. The van der Waals surface area contributed by atoms with Gasteiger partial charge in [0.1, 0.15) is 12.4 Å². The lowest BCUT2D eigenvalue weighted by atomic mass is 9.99. The summed E-state index contributed by atoms with van der Waals surface area (Å²) in [5.74, 6) is 3.50. The Morgan fingerprint density at radius 3 is 2.64 bits per heavy atom. The molecule has 1 unspecified atom stereocenters. The van der Waals surface area contributed by atoms with Crippen molar-refractivity contribution < 1.29 is 4.74 Å². The van der Waals surface area contributed by atoms with E-state index >= 15 is 0 Å². The van der Waals surface area contributed by atoms with E-state index in [-0.39, 0.29) is 30.0 Å². The number of anilines is 1. The molecule has 3 heterocycles. The minimum Gasteiger partial charge on any atom is -0.377 e. The molecule has 0 saturated carbocycles. The molecule has 0 radical (unpaired) electrons. The van der Waals surface area contributed by atoms with Crippen LogP contribution in [0.5, 0.6) is 0 Å². The molecule has 9 heteroatoms. The Morgan fingerprint density at radius 2 is 1.94 bits per heavy atom. The van der Waals surface area contributed by atoms with E-state index in [1.165, 1.54) is 24.1 Å². The second kappa shape index (κ2) is 12.5. The summed E-state index contributed by atoms with van der Waals surface area (Å²) in [5.41, 5.74) is 2.55. The van der Waals surface area contributed by atoms with E-state index in [1.54, 1.807) is 7.11 Å². The highest BCUT2D eigenvalue weighted by molar-refractivity contribution is 14.0. The van der Waals surface area contributed by atoms with Gasteiger partial charge in [0.2, 0.25) is 0 Å².